The number of benzene rings is 1. The molecular weight excluding hydrogens is 329 g/mol. The van der Waals surface area contributed by atoms with Crippen LogP contribution in [0.3, 0.4) is 0 Å². The van der Waals surface area contributed by atoms with E-state index in [-0.39, 0.29) is 48.2 Å². The van der Waals surface area contributed by atoms with Gasteiger partial charge in [0.15, 0.2) is 5.82 Å². The van der Waals surface area contributed by atoms with Gasteiger partial charge >= 0.3 is 13.1 Å². The smallest absolute Gasteiger partial charge is 0.526 e. The lowest BCUT2D eigenvalue weighted by atomic mass is 9.64. The van der Waals surface area contributed by atoms with Crippen LogP contribution in [0.1, 0.15) is 34.1 Å². The fraction of sp³-hybridized carbons (Fsp3) is 0.333. The van der Waals surface area contributed by atoms with E-state index in [2.05, 4.69) is 10.1 Å². The van der Waals surface area contributed by atoms with Crippen LogP contribution in [0, 0.1) is 0 Å². The molecule has 0 spiro atoms. The number of ketones is 1. The van der Waals surface area contributed by atoms with E-state index in [1.807, 2.05) is 0 Å². The number of rotatable bonds is 6. The van der Waals surface area contributed by atoms with Crippen LogP contribution < -0.4 is 10.4 Å². The van der Waals surface area contributed by atoms with Crippen LogP contribution in [0.5, 0.6) is 5.75 Å². The molecule has 0 amide bonds. The van der Waals surface area contributed by atoms with E-state index in [0.29, 0.717) is 12.0 Å². The minimum atomic E-state index is -1.26. The van der Waals surface area contributed by atoms with Crippen LogP contribution in [0.2, 0.25) is 5.82 Å². The van der Waals surface area contributed by atoms with E-state index in [9.17, 15) is 19.7 Å². The van der Waals surface area contributed by atoms with Gasteiger partial charge < -0.3 is 25.0 Å². The van der Waals surface area contributed by atoms with Crippen LogP contribution in [-0.4, -0.2) is 39.1 Å². The molecule has 0 radical (unpaired) electrons. The molecule has 0 saturated heterocycles. The fourth-order valence-electron chi connectivity index (χ4n) is 2.81. The van der Waals surface area contributed by atoms with E-state index in [0.717, 1.165) is 0 Å². The number of para-hydroxylation sites is 1. The van der Waals surface area contributed by atoms with Gasteiger partial charge in [-0.05, 0) is 18.1 Å². The summed E-state index contributed by atoms with van der Waals surface area (Å²) >= 11 is 0. The lowest BCUT2D eigenvalue weighted by Gasteiger charge is -2.27. The molecular formula is C15H16BN3O6. The van der Waals surface area contributed by atoms with Crippen molar-refractivity contribution in [1.29, 1.82) is 0 Å². The maximum Gasteiger partial charge on any atom is 0.526 e. The Bertz CT molecular complexity index is 808. The number of nitrogens with two attached hydrogens (primary N) is 1. The molecule has 0 aliphatic carbocycles. The summed E-state index contributed by atoms with van der Waals surface area (Å²) < 4.78 is 10.2. The van der Waals surface area contributed by atoms with Gasteiger partial charge in [-0.15, -0.1) is 0 Å². The van der Waals surface area contributed by atoms with E-state index in [4.69, 9.17) is 14.9 Å². The standard InChI is InChI=1S/C15H16BN3O6/c17-7-13-18-12(19-25-13)6-10(20)5-9-4-8-2-1-3-11(15(21)22)14(8)24-16(9)23/h1-3,9,23H,4-7,17H2,(H,21,22)/t9-/m1/s1. The number of carbonyl (C=O) groups excluding carboxylic acids is 1. The summed E-state index contributed by atoms with van der Waals surface area (Å²) in [6.07, 6.45) is 0.350. The number of carboxylic acids is 1. The van der Waals surface area contributed by atoms with E-state index in [1.54, 1.807) is 12.1 Å². The molecule has 2 aromatic rings. The Labute approximate surface area is 142 Å². The first-order valence-corrected chi connectivity index (χ1v) is 7.71. The number of fused-ring (bicyclic) bond motifs is 1. The molecule has 1 aromatic carbocycles. The summed E-state index contributed by atoms with van der Waals surface area (Å²) in [6.45, 7) is 0.0963. The Morgan fingerprint density at radius 3 is 2.88 bits per heavy atom. The van der Waals surface area contributed by atoms with Crippen LogP contribution >= 0.6 is 0 Å². The third-order valence-corrected chi connectivity index (χ3v) is 3.98. The number of carbonyl (C=O) groups is 2. The van der Waals surface area contributed by atoms with Gasteiger partial charge in [0.1, 0.15) is 11.5 Å². The van der Waals surface area contributed by atoms with Crippen molar-refractivity contribution < 1.29 is 28.9 Å². The fourth-order valence-corrected chi connectivity index (χ4v) is 2.81. The molecule has 9 nitrogen and oxygen atoms in total. The van der Waals surface area contributed by atoms with Crippen molar-refractivity contribution in [3.63, 3.8) is 0 Å². The summed E-state index contributed by atoms with van der Waals surface area (Å²) in [5, 5.41) is 23.0. The Kier molecular flexibility index (Phi) is 4.82. The first kappa shape index (κ1) is 17.1. The van der Waals surface area contributed by atoms with E-state index < -0.39 is 18.9 Å². The quantitative estimate of drug-likeness (QED) is 0.625. The third-order valence-electron chi connectivity index (χ3n) is 3.98. The Morgan fingerprint density at radius 1 is 1.40 bits per heavy atom. The van der Waals surface area contributed by atoms with Crippen molar-refractivity contribution in [3.05, 3.63) is 41.0 Å². The summed E-state index contributed by atoms with van der Waals surface area (Å²) in [7, 11) is -1.26. The lowest BCUT2D eigenvalue weighted by molar-refractivity contribution is -0.118. The number of aromatic nitrogens is 2. The summed E-state index contributed by atoms with van der Waals surface area (Å²) in [5.74, 6) is -1.16. The number of carboxylic acid groups (broad SMARTS) is 1. The van der Waals surface area contributed by atoms with Crippen LogP contribution in [0.25, 0.3) is 0 Å². The van der Waals surface area contributed by atoms with Crippen molar-refractivity contribution in [2.45, 2.75) is 31.6 Å². The second-order valence-electron chi connectivity index (χ2n) is 5.80. The van der Waals surface area contributed by atoms with Gasteiger partial charge in [0.2, 0.25) is 5.89 Å². The minimum Gasteiger partial charge on any atom is -0.535 e. The largest absolute Gasteiger partial charge is 0.535 e. The maximum absolute atomic E-state index is 12.2. The predicted octanol–water partition coefficient (Wildman–Crippen LogP) is 0.214. The topological polar surface area (TPSA) is 149 Å². The number of Topliss-reactive ketones (excluding diaryl/α,β-unsaturated/α-hetero) is 1. The van der Waals surface area contributed by atoms with Crippen molar-refractivity contribution in [3.8, 4) is 5.75 Å². The molecule has 2 heterocycles. The molecule has 1 aliphatic heterocycles. The monoisotopic (exact) mass is 345 g/mol. The molecule has 1 aliphatic rings. The molecule has 130 valence electrons. The van der Waals surface area contributed by atoms with Crippen LogP contribution in [0.4, 0.5) is 0 Å². The zero-order chi connectivity index (χ0) is 18.0. The molecule has 0 fully saturated rings. The van der Waals surface area contributed by atoms with Gasteiger partial charge in [0.25, 0.3) is 0 Å². The van der Waals surface area contributed by atoms with Crippen molar-refractivity contribution >= 4 is 18.9 Å². The molecule has 1 aromatic heterocycles. The van der Waals surface area contributed by atoms with Crippen molar-refractivity contribution in [2.24, 2.45) is 5.73 Å². The first-order chi connectivity index (χ1) is 12.0. The zero-order valence-electron chi connectivity index (χ0n) is 13.2. The SMILES string of the molecule is NCc1nc(CC(=O)C[C@H]2Cc3cccc(C(=O)O)c3OB2O)no1. The molecule has 0 saturated carbocycles. The third kappa shape index (κ3) is 3.70. The molecule has 1 atom stereocenters. The highest BCUT2D eigenvalue weighted by atomic mass is 16.5. The van der Waals surface area contributed by atoms with Gasteiger partial charge in [0.05, 0.1) is 18.5 Å². The molecule has 3 rings (SSSR count). The Morgan fingerprint density at radius 2 is 2.20 bits per heavy atom. The van der Waals surface area contributed by atoms with Crippen LogP contribution in [-0.2, 0) is 24.2 Å². The Hall–Kier alpha value is -2.72. The van der Waals surface area contributed by atoms with Crippen molar-refractivity contribution in [1.82, 2.24) is 10.1 Å². The average Bonchev–Trinajstić information content (AvgIpc) is 3.02. The second-order valence-corrected chi connectivity index (χ2v) is 5.80. The van der Waals surface area contributed by atoms with Gasteiger partial charge in [0, 0.05) is 12.2 Å². The van der Waals surface area contributed by atoms with Crippen LogP contribution in [0.15, 0.2) is 22.7 Å². The number of hydrogen-bond acceptors (Lipinski definition) is 8. The first-order valence-electron chi connectivity index (χ1n) is 7.71. The highest BCUT2D eigenvalue weighted by Gasteiger charge is 2.37. The summed E-state index contributed by atoms with van der Waals surface area (Å²) in [4.78, 5) is 27.4. The summed E-state index contributed by atoms with van der Waals surface area (Å²) in [6, 6.07) is 4.73. The van der Waals surface area contributed by atoms with Gasteiger partial charge in [-0.3, -0.25) is 4.79 Å². The minimum absolute atomic E-state index is 0.0116. The maximum atomic E-state index is 12.2. The highest BCUT2D eigenvalue weighted by Crippen LogP contribution is 2.36. The lowest BCUT2D eigenvalue weighted by Crippen LogP contribution is -2.36. The Balaban J connectivity index is 1.68. The van der Waals surface area contributed by atoms with Gasteiger partial charge in [-0.25, -0.2) is 4.79 Å². The highest BCUT2D eigenvalue weighted by molar-refractivity contribution is 6.47. The number of hydrogen-bond donors (Lipinski definition) is 3. The molecule has 0 bridgehead atoms. The van der Waals surface area contributed by atoms with Gasteiger partial charge in [-0.1, -0.05) is 17.3 Å². The second kappa shape index (κ2) is 7.03. The van der Waals surface area contributed by atoms with Crippen molar-refractivity contribution in [2.75, 3.05) is 0 Å². The predicted molar refractivity (Wildman–Crippen MR) is 85.0 cm³/mol. The summed E-state index contributed by atoms with van der Waals surface area (Å²) in [5.41, 5.74) is 6.00. The van der Waals surface area contributed by atoms with E-state index in [1.165, 1.54) is 6.07 Å². The molecule has 4 N–H and O–H groups in total. The van der Waals surface area contributed by atoms with E-state index >= 15 is 0 Å². The molecule has 0 unspecified atom stereocenters. The molecule has 10 heteroatoms. The molecule has 25 heavy (non-hydrogen) atoms. The zero-order valence-corrected chi connectivity index (χ0v) is 13.2. The average molecular weight is 345 g/mol. The normalized spacial score (nSPS) is 16.2. The number of aromatic carboxylic acids is 1. The van der Waals surface area contributed by atoms with Gasteiger partial charge in [-0.2, -0.15) is 4.98 Å². The number of nitrogens with zero attached hydrogens (tertiary/aromatic N) is 2.